The van der Waals surface area contributed by atoms with Crippen LogP contribution in [0.3, 0.4) is 0 Å². The third kappa shape index (κ3) is 7.45. The van der Waals surface area contributed by atoms with Crippen LogP contribution in [0.25, 0.3) is 22.0 Å². The van der Waals surface area contributed by atoms with Crippen LogP contribution >= 0.6 is 0 Å². The quantitative estimate of drug-likeness (QED) is 0.163. The fourth-order valence-electron chi connectivity index (χ4n) is 4.81. The fourth-order valence-corrected chi connectivity index (χ4v) is 4.81. The maximum atomic E-state index is 14.1. The van der Waals surface area contributed by atoms with E-state index in [9.17, 15) is 31.1 Å². The minimum absolute atomic E-state index is 0.0584. The predicted octanol–water partition coefficient (Wildman–Crippen LogP) is 6.81. The van der Waals surface area contributed by atoms with Crippen LogP contribution in [0.15, 0.2) is 79.0 Å². The van der Waals surface area contributed by atoms with Gasteiger partial charge in [0.1, 0.15) is 29.0 Å². The van der Waals surface area contributed by atoms with Crippen LogP contribution in [0.5, 0.6) is 5.75 Å². The molecule has 0 aliphatic heterocycles. The Balaban J connectivity index is 1.51. The van der Waals surface area contributed by atoms with Gasteiger partial charge < -0.3 is 20.8 Å². The van der Waals surface area contributed by atoms with E-state index in [1.165, 1.54) is 36.4 Å². The molecule has 0 bridgehead atoms. The summed E-state index contributed by atoms with van der Waals surface area (Å²) in [6, 6.07) is 15.0. The molecule has 3 aromatic carbocycles. The molecule has 0 spiro atoms. The van der Waals surface area contributed by atoms with Gasteiger partial charge >= 0.3 is 6.18 Å². The van der Waals surface area contributed by atoms with Gasteiger partial charge in [0, 0.05) is 28.7 Å². The van der Waals surface area contributed by atoms with Crippen LogP contribution in [-0.4, -0.2) is 28.7 Å². The maximum Gasteiger partial charge on any atom is 0.422 e. The first-order chi connectivity index (χ1) is 20.4. The van der Waals surface area contributed by atoms with Crippen LogP contribution in [0.1, 0.15) is 22.9 Å². The van der Waals surface area contributed by atoms with Crippen molar-refractivity contribution in [3.8, 4) is 16.9 Å². The van der Waals surface area contributed by atoms with Crippen molar-refractivity contribution in [1.29, 1.82) is 0 Å². The largest absolute Gasteiger partial charge is 0.484 e. The van der Waals surface area contributed by atoms with Gasteiger partial charge in [0.25, 0.3) is 0 Å². The Morgan fingerprint density at radius 3 is 2.47 bits per heavy atom. The second kappa shape index (κ2) is 12.1. The van der Waals surface area contributed by atoms with Gasteiger partial charge in [0.2, 0.25) is 5.91 Å². The molecule has 12 heteroatoms. The molecule has 1 unspecified atom stereocenters. The number of pyridine rings is 1. The van der Waals surface area contributed by atoms with E-state index in [1.807, 2.05) is 0 Å². The second-order valence-electron chi connectivity index (χ2n) is 9.88. The molecule has 4 N–H and O–H groups in total. The molecule has 43 heavy (non-hydrogen) atoms. The third-order valence-electron chi connectivity index (χ3n) is 6.60. The van der Waals surface area contributed by atoms with Crippen molar-refractivity contribution in [2.24, 2.45) is 0 Å². The summed E-state index contributed by atoms with van der Waals surface area (Å²) < 4.78 is 85.2. The summed E-state index contributed by atoms with van der Waals surface area (Å²) in [6.07, 6.45) is -3.25. The molecule has 1 amide bonds. The first-order valence-electron chi connectivity index (χ1n) is 13.0. The number of nitrogens with zero attached hydrogens (tertiary/aromatic N) is 1. The van der Waals surface area contributed by atoms with E-state index >= 15 is 0 Å². The number of ether oxygens (including phenoxy) is 1. The summed E-state index contributed by atoms with van der Waals surface area (Å²) in [5.74, 6) is -2.62. The van der Waals surface area contributed by atoms with E-state index in [1.54, 1.807) is 24.4 Å². The summed E-state index contributed by atoms with van der Waals surface area (Å²) in [6.45, 7) is -1.50. The number of anilines is 1. The van der Waals surface area contributed by atoms with Crippen molar-refractivity contribution in [1.82, 2.24) is 15.3 Å². The Kier molecular flexibility index (Phi) is 8.29. The number of alkyl halides is 3. The molecule has 0 saturated heterocycles. The first-order valence-corrected chi connectivity index (χ1v) is 13.0. The lowest BCUT2D eigenvalue weighted by Gasteiger charge is -2.22. The molecule has 0 aliphatic rings. The number of benzene rings is 3. The van der Waals surface area contributed by atoms with Crippen molar-refractivity contribution < 1.29 is 35.9 Å². The maximum absolute atomic E-state index is 14.1. The van der Waals surface area contributed by atoms with Crippen molar-refractivity contribution in [2.45, 2.75) is 25.1 Å². The van der Waals surface area contributed by atoms with Gasteiger partial charge in [-0.3, -0.25) is 4.79 Å². The number of rotatable bonds is 9. The number of hydrogen-bond donors (Lipinski definition) is 3. The molecular weight excluding hydrogens is 574 g/mol. The van der Waals surface area contributed by atoms with Crippen LogP contribution in [0.2, 0.25) is 0 Å². The third-order valence-corrected chi connectivity index (χ3v) is 6.60. The normalized spacial score (nSPS) is 12.3. The average molecular weight is 599 g/mol. The predicted molar refractivity (Wildman–Crippen MR) is 149 cm³/mol. The molecule has 0 radical (unpaired) electrons. The summed E-state index contributed by atoms with van der Waals surface area (Å²) in [5, 5.41) is 3.36. The molecule has 5 rings (SSSR count). The smallest absolute Gasteiger partial charge is 0.422 e. The number of halogens is 6. The molecule has 0 fully saturated rings. The zero-order chi connectivity index (χ0) is 30.7. The van der Waals surface area contributed by atoms with Crippen molar-refractivity contribution in [3.63, 3.8) is 0 Å². The zero-order valence-corrected chi connectivity index (χ0v) is 22.3. The van der Waals surface area contributed by atoms with Crippen molar-refractivity contribution >= 4 is 22.6 Å². The summed E-state index contributed by atoms with van der Waals surface area (Å²) in [7, 11) is 0. The Hall–Kier alpha value is -5.00. The highest BCUT2D eigenvalue weighted by Gasteiger charge is 2.28. The molecule has 0 saturated carbocycles. The van der Waals surface area contributed by atoms with Crippen molar-refractivity contribution in [2.75, 3.05) is 12.3 Å². The minimum Gasteiger partial charge on any atom is -0.484 e. The summed E-state index contributed by atoms with van der Waals surface area (Å²) in [4.78, 5) is 20.8. The Morgan fingerprint density at radius 2 is 1.72 bits per heavy atom. The molecule has 1 atom stereocenters. The molecule has 5 aromatic rings. The molecule has 222 valence electrons. The molecule has 6 nitrogen and oxygen atoms in total. The average Bonchev–Trinajstić information content (AvgIpc) is 3.32. The van der Waals surface area contributed by atoms with Gasteiger partial charge in [-0.1, -0.05) is 12.1 Å². The lowest BCUT2D eigenvalue weighted by Crippen LogP contribution is -2.32. The lowest BCUT2D eigenvalue weighted by atomic mass is 9.95. The van der Waals surface area contributed by atoms with E-state index in [-0.39, 0.29) is 35.7 Å². The Morgan fingerprint density at radius 1 is 0.953 bits per heavy atom. The number of aromatic amines is 1. The van der Waals surface area contributed by atoms with Crippen LogP contribution < -0.4 is 15.8 Å². The molecule has 0 aliphatic carbocycles. The van der Waals surface area contributed by atoms with Gasteiger partial charge in [-0.05, 0) is 77.7 Å². The van der Waals surface area contributed by atoms with E-state index in [0.717, 1.165) is 12.1 Å². The number of carbonyl (C=O) groups is 1. The number of aromatic nitrogens is 2. The molecular formula is C31H24F6N4O2. The van der Waals surface area contributed by atoms with Gasteiger partial charge in [0.15, 0.2) is 6.61 Å². The van der Waals surface area contributed by atoms with E-state index in [2.05, 4.69) is 15.3 Å². The monoisotopic (exact) mass is 598 g/mol. The van der Waals surface area contributed by atoms with Crippen LogP contribution in [0, 0.1) is 17.5 Å². The topological polar surface area (TPSA) is 93.0 Å². The van der Waals surface area contributed by atoms with Crippen LogP contribution in [0.4, 0.5) is 32.2 Å². The SMILES string of the molecule is Nc1ccc(-c2cccc(OCC(F)(F)F)c2)c(C(Cc2cc(F)cc(F)c2)NC(=O)Cc2c[nH]c3ccc(F)cc23)n1. The summed E-state index contributed by atoms with van der Waals surface area (Å²) >= 11 is 0. The molecule has 2 heterocycles. The highest BCUT2D eigenvalue weighted by molar-refractivity contribution is 5.89. The Labute approximate surface area is 241 Å². The fraction of sp³-hybridized carbons (Fsp3) is 0.161. The Bertz CT molecular complexity index is 1770. The lowest BCUT2D eigenvalue weighted by molar-refractivity contribution is -0.153. The van der Waals surface area contributed by atoms with Gasteiger partial charge in [-0.15, -0.1) is 0 Å². The number of hydrogen-bond acceptors (Lipinski definition) is 4. The van der Waals surface area contributed by atoms with E-state index in [0.29, 0.717) is 33.7 Å². The molecule has 2 aromatic heterocycles. The number of carbonyl (C=O) groups excluding carboxylic acids is 1. The standard InChI is InChI=1S/C31H24F6N4O2/c32-20-4-6-26-25(14-20)19(15-39-26)12-29(42)40-27(10-17-8-21(33)13-22(34)9-17)30-24(5-7-28(38)41-30)18-2-1-3-23(11-18)43-16-31(35,36)37/h1-9,11,13-15,27,39H,10,12,16H2,(H2,38,41)(H,40,42). The van der Waals surface area contributed by atoms with Crippen LogP contribution in [-0.2, 0) is 17.6 Å². The highest BCUT2D eigenvalue weighted by Crippen LogP contribution is 2.33. The second-order valence-corrected chi connectivity index (χ2v) is 9.88. The number of nitrogens with one attached hydrogen (secondary N) is 2. The van der Waals surface area contributed by atoms with Crippen molar-refractivity contribution in [3.05, 3.63) is 113 Å². The van der Waals surface area contributed by atoms with Gasteiger partial charge in [-0.2, -0.15) is 13.2 Å². The van der Waals surface area contributed by atoms with Gasteiger partial charge in [-0.25, -0.2) is 18.2 Å². The van der Waals surface area contributed by atoms with E-state index in [4.69, 9.17) is 10.5 Å². The first kappa shape index (κ1) is 29.5. The number of H-pyrrole nitrogens is 1. The number of nitrogen functional groups attached to an aromatic ring is 1. The number of amides is 1. The number of nitrogens with two attached hydrogens (primary N) is 1. The van der Waals surface area contributed by atoms with E-state index < -0.39 is 42.2 Å². The number of fused-ring (bicyclic) bond motifs is 1. The summed E-state index contributed by atoms with van der Waals surface area (Å²) in [5.41, 5.74) is 8.34. The minimum atomic E-state index is -4.55. The highest BCUT2D eigenvalue weighted by atomic mass is 19.4. The van der Waals surface area contributed by atoms with Gasteiger partial charge in [0.05, 0.1) is 18.2 Å². The zero-order valence-electron chi connectivity index (χ0n) is 22.3.